The van der Waals surface area contributed by atoms with Gasteiger partial charge in [0.25, 0.3) is 11.7 Å². The maximum absolute atomic E-state index is 13.8. The molecule has 0 radical (unpaired) electrons. The van der Waals surface area contributed by atoms with Gasteiger partial charge in [-0.05, 0) is 49.6 Å². The molecule has 2 saturated heterocycles. The number of Topliss-reactive ketones (excluding diaryl/α,β-unsaturated/α-hetero) is 1. The SMILES string of the molecule is COc1ccccc1C1/C(=C(\O)c2ccc(F)c(C)c2)C(=O)C(=O)N1CC1CCCO1. The summed E-state index contributed by atoms with van der Waals surface area (Å²) in [6.45, 7) is 2.41. The predicted octanol–water partition coefficient (Wildman–Crippen LogP) is 3.74. The Morgan fingerprint density at radius 1 is 1.26 bits per heavy atom. The van der Waals surface area contributed by atoms with Crippen LogP contribution in [0.5, 0.6) is 5.75 Å². The van der Waals surface area contributed by atoms with Crippen molar-refractivity contribution < 1.29 is 28.6 Å². The monoisotopic (exact) mass is 425 g/mol. The van der Waals surface area contributed by atoms with Crippen LogP contribution in [0.1, 0.15) is 35.6 Å². The van der Waals surface area contributed by atoms with Crippen LogP contribution in [0.15, 0.2) is 48.0 Å². The highest BCUT2D eigenvalue weighted by Crippen LogP contribution is 2.43. The van der Waals surface area contributed by atoms with Gasteiger partial charge in [0.05, 0.1) is 24.8 Å². The Kier molecular flexibility index (Phi) is 5.78. The lowest BCUT2D eigenvalue weighted by Gasteiger charge is -2.28. The summed E-state index contributed by atoms with van der Waals surface area (Å²) in [6, 6.07) is 10.3. The second kappa shape index (κ2) is 8.51. The minimum atomic E-state index is -0.842. The molecule has 1 N–H and O–H groups in total. The molecule has 0 aliphatic carbocycles. The first kappa shape index (κ1) is 21.1. The van der Waals surface area contributed by atoms with Crippen molar-refractivity contribution in [1.82, 2.24) is 4.90 Å². The Labute approximate surface area is 179 Å². The summed E-state index contributed by atoms with van der Waals surface area (Å²) in [4.78, 5) is 27.5. The third-order valence-electron chi connectivity index (χ3n) is 5.83. The van der Waals surface area contributed by atoms with Crippen LogP contribution in [0, 0.1) is 12.7 Å². The van der Waals surface area contributed by atoms with E-state index in [1.54, 1.807) is 31.2 Å². The number of methoxy groups -OCH3 is 1. The van der Waals surface area contributed by atoms with Crippen molar-refractivity contribution in [2.24, 2.45) is 0 Å². The summed E-state index contributed by atoms with van der Waals surface area (Å²) >= 11 is 0. The number of nitrogens with zero attached hydrogens (tertiary/aromatic N) is 1. The first-order chi connectivity index (χ1) is 14.9. The molecule has 162 valence electrons. The topological polar surface area (TPSA) is 76.1 Å². The smallest absolute Gasteiger partial charge is 0.295 e. The summed E-state index contributed by atoms with van der Waals surface area (Å²) in [5.41, 5.74) is 1.14. The second-order valence-electron chi connectivity index (χ2n) is 7.79. The molecule has 2 fully saturated rings. The Hall–Kier alpha value is -3.19. The molecule has 0 saturated carbocycles. The number of ether oxygens (including phenoxy) is 2. The minimum absolute atomic E-state index is 0.0431. The molecule has 1 amide bonds. The van der Waals surface area contributed by atoms with Crippen molar-refractivity contribution in [2.75, 3.05) is 20.3 Å². The molecule has 2 aliphatic rings. The summed E-state index contributed by atoms with van der Waals surface area (Å²) in [6.07, 6.45) is 1.50. The average molecular weight is 425 g/mol. The molecule has 2 aromatic rings. The zero-order valence-electron chi connectivity index (χ0n) is 17.4. The van der Waals surface area contributed by atoms with Gasteiger partial charge in [-0.15, -0.1) is 0 Å². The standard InChI is InChI=1S/C24H24FNO5/c1-14-12-15(9-10-18(14)25)22(27)20-21(17-7-3-4-8-19(17)30-2)26(24(29)23(20)28)13-16-6-5-11-31-16/h3-4,7-10,12,16,21,27H,5-6,11,13H2,1-2H3/b22-20+. The van der Waals surface area contributed by atoms with E-state index in [0.29, 0.717) is 23.5 Å². The van der Waals surface area contributed by atoms with Gasteiger partial charge in [0, 0.05) is 24.3 Å². The van der Waals surface area contributed by atoms with Gasteiger partial charge >= 0.3 is 0 Å². The summed E-state index contributed by atoms with van der Waals surface area (Å²) in [5, 5.41) is 11.1. The van der Waals surface area contributed by atoms with E-state index in [1.807, 2.05) is 0 Å². The van der Waals surface area contributed by atoms with E-state index in [-0.39, 0.29) is 29.5 Å². The van der Waals surface area contributed by atoms with E-state index >= 15 is 0 Å². The van der Waals surface area contributed by atoms with E-state index in [0.717, 1.165) is 12.8 Å². The highest BCUT2D eigenvalue weighted by atomic mass is 19.1. The predicted molar refractivity (Wildman–Crippen MR) is 112 cm³/mol. The van der Waals surface area contributed by atoms with E-state index < -0.39 is 23.5 Å². The van der Waals surface area contributed by atoms with Gasteiger partial charge in [0.1, 0.15) is 17.3 Å². The lowest BCUT2D eigenvalue weighted by atomic mass is 9.94. The van der Waals surface area contributed by atoms with Gasteiger partial charge in [0.2, 0.25) is 0 Å². The van der Waals surface area contributed by atoms with Crippen LogP contribution in [0.2, 0.25) is 0 Å². The zero-order valence-corrected chi connectivity index (χ0v) is 17.4. The van der Waals surface area contributed by atoms with Crippen molar-refractivity contribution in [3.05, 3.63) is 70.5 Å². The highest BCUT2D eigenvalue weighted by molar-refractivity contribution is 6.46. The molecule has 0 spiro atoms. The van der Waals surface area contributed by atoms with Crippen molar-refractivity contribution in [3.8, 4) is 5.75 Å². The van der Waals surface area contributed by atoms with Gasteiger partial charge in [-0.3, -0.25) is 9.59 Å². The van der Waals surface area contributed by atoms with Crippen molar-refractivity contribution in [2.45, 2.75) is 31.9 Å². The van der Waals surface area contributed by atoms with E-state index in [1.165, 1.54) is 30.2 Å². The fourth-order valence-electron chi connectivity index (χ4n) is 4.24. The molecule has 6 nitrogen and oxygen atoms in total. The van der Waals surface area contributed by atoms with Crippen LogP contribution < -0.4 is 4.74 Å². The number of aliphatic hydroxyl groups excluding tert-OH is 1. The number of aryl methyl sites for hydroxylation is 1. The van der Waals surface area contributed by atoms with Crippen molar-refractivity contribution >= 4 is 17.4 Å². The van der Waals surface area contributed by atoms with Crippen molar-refractivity contribution in [1.29, 1.82) is 0 Å². The minimum Gasteiger partial charge on any atom is -0.507 e. The van der Waals surface area contributed by atoms with Gasteiger partial charge in [-0.2, -0.15) is 0 Å². The van der Waals surface area contributed by atoms with Crippen molar-refractivity contribution in [3.63, 3.8) is 0 Å². The highest BCUT2D eigenvalue weighted by Gasteiger charge is 2.47. The number of carbonyl (C=O) groups is 2. The Balaban J connectivity index is 1.87. The summed E-state index contributed by atoms with van der Waals surface area (Å²) < 4.78 is 24.9. The molecule has 2 heterocycles. The number of amides is 1. The third-order valence-corrected chi connectivity index (χ3v) is 5.83. The van der Waals surface area contributed by atoms with E-state index in [4.69, 9.17) is 9.47 Å². The first-order valence-corrected chi connectivity index (χ1v) is 10.2. The number of ketones is 1. The fraction of sp³-hybridized carbons (Fsp3) is 0.333. The first-order valence-electron chi connectivity index (χ1n) is 10.2. The fourth-order valence-corrected chi connectivity index (χ4v) is 4.24. The lowest BCUT2D eigenvalue weighted by molar-refractivity contribution is -0.140. The van der Waals surface area contributed by atoms with Gasteiger partial charge in [-0.1, -0.05) is 18.2 Å². The molecular formula is C24H24FNO5. The van der Waals surface area contributed by atoms with Crippen LogP contribution in [-0.2, 0) is 14.3 Å². The van der Waals surface area contributed by atoms with Crippen LogP contribution in [0.3, 0.4) is 0 Å². The molecule has 2 aliphatic heterocycles. The molecular weight excluding hydrogens is 401 g/mol. The molecule has 0 aromatic heterocycles. The Morgan fingerprint density at radius 3 is 2.71 bits per heavy atom. The Morgan fingerprint density at radius 2 is 2.03 bits per heavy atom. The van der Waals surface area contributed by atoms with Gasteiger partial charge < -0.3 is 19.5 Å². The number of para-hydroxylation sites is 1. The van der Waals surface area contributed by atoms with Gasteiger partial charge in [-0.25, -0.2) is 4.39 Å². The maximum atomic E-state index is 13.8. The third kappa shape index (κ3) is 3.81. The number of aliphatic hydroxyl groups is 1. The normalized spacial score (nSPS) is 22.9. The number of hydrogen-bond donors (Lipinski definition) is 1. The van der Waals surface area contributed by atoms with Crippen LogP contribution in [0.4, 0.5) is 4.39 Å². The zero-order chi connectivity index (χ0) is 22.1. The molecule has 2 aromatic carbocycles. The molecule has 7 heteroatoms. The molecule has 4 rings (SSSR count). The second-order valence-corrected chi connectivity index (χ2v) is 7.79. The van der Waals surface area contributed by atoms with Gasteiger partial charge in [0.15, 0.2) is 0 Å². The number of benzene rings is 2. The largest absolute Gasteiger partial charge is 0.507 e. The number of halogens is 1. The summed E-state index contributed by atoms with van der Waals surface area (Å²) in [7, 11) is 1.51. The number of likely N-dealkylation sites (tertiary alicyclic amines) is 1. The summed E-state index contributed by atoms with van der Waals surface area (Å²) in [5.74, 6) is -1.75. The number of rotatable bonds is 5. The van der Waals surface area contributed by atoms with Crippen LogP contribution in [0.25, 0.3) is 5.76 Å². The average Bonchev–Trinajstić information content (AvgIpc) is 3.37. The lowest BCUT2D eigenvalue weighted by Crippen LogP contribution is -2.36. The van der Waals surface area contributed by atoms with E-state index in [2.05, 4.69) is 0 Å². The maximum Gasteiger partial charge on any atom is 0.295 e. The Bertz CT molecular complexity index is 1060. The molecule has 31 heavy (non-hydrogen) atoms. The number of hydrogen-bond acceptors (Lipinski definition) is 5. The molecule has 2 atom stereocenters. The van der Waals surface area contributed by atoms with Crippen LogP contribution in [-0.4, -0.2) is 48.1 Å². The van der Waals surface area contributed by atoms with Crippen LogP contribution >= 0.6 is 0 Å². The van der Waals surface area contributed by atoms with E-state index in [9.17, 15) is 19.1 Å². The molecule has 2 unspecified atom stereocenters. The molecule has 0 bridgehead atoms. The quantitative estimate of drug-likeness (QED) is 0.449. The number of carbonyl (C=O) groups excluding carboxylic acids is 2.